The number of amides is 1. The molecule has 1 amide bonds. The van der Waals surface area contributed by atoms with Crippen LogP contribution in [0.4, 0.5) is 5.69 Å². The SMILES string of the molecule is Cc1sc(C(=O)N2CCCN(C)CC2C)cc1N. The Labute approximate surface area is 112 Å². The zero-order valence-corrected chi connectivity index (χ0v) is 12.1. The molecule has 1 fully saturated rings. The molecule has 5 heteroatoms. The fraction of sp³-hybridized carbons (Fsp3) is 0.615. The van der Waals surface area contributed by atoms with Crippen LogP contribution < -0.4 is 5.73 Å². The minimum atomic E-state index is 0.127. The molecule has 18 heavy (non-hydrogen) atoms. The average molecular weight is 267 g/mol. The maximum atomic E-state index is 12.5. The summed E-state index contributed by atoms with van der Waals surface area (Å²) in [5.41, 5.74) is 6.55. The highest BCUT2D eigenvalue weighted by atomic mass is 32.1. The third-order valence-corrected chi connectivity index (χ3v) is 4.53. The molecular weight excluding hydrogens is 246 g/mol. The van der Waals surface area contributed by atoms with Crippen LogP contribution in [0.3, 0.4) is 0 Å². The summed E-state index contributed by atoms with van der Waals surface area (Å²) in [6, 6.07) is 2.07. The Bertz CT molecular complexity index is 424. The molecular formula is C13H21N3OS. The van der Waals surface area contributed by atoms with E-state index in [1.54, 1.807) is 0 Å². The van der Waals surface area contributed by atoms with Gasteiger partial charge in [-0.1, -0.05) is 0 Å². The van der Waals surface area contributed by atoms with Crippen molar-refractivity contribution in [3.8, 4) is 0 Å². The van der Waals surface area contributed by atoms with E-state index in [0.29, 0.717) is 0 Å². The van der Waals surface area contributed by atoms with Gasteiger partial charge in [0.1, 0.15) is 0 Å². The molecule has 1 aliphatic rings. The molecule has 0 aromatic carbocycles. The Kier molecular flexibility index (Phi) is 3.92. The highest BCUT2D eigenvalue weighted by Gasteiger charge is 2.26. The molecule has 1 aromatic heterocycles. The van der Waals surface area contributed by atoms with Gasteiger partial charge in [-0.2, -0.15) is 0 Å². The molecule has 1 aliphatic heterocycles. The monoisotopic (exact) mass is 267 g/mol. The van der Waals surface area contributed by atoms with Gasteiger partial charge in [-0.05, 0) is 39.9 Å². The summed E-state index contributed by atoms with van der Waals surface area (Å²) in [5, 5.41) is 0. The van der Waals surface area contributed by atoms with E-state index < -0.39 is 0 Å². The molecule has 0 radical (unpaired) electrons. The highest BCUT2D eigenvalue weighted by molar-refractivity contribution is 7.14. The summed E-state index contributed by atoms with van der Waals surface area (Å²) in [5.74, 6) is 0.127. The highest BCUT2D eigenvalue weighted by Crippen LogP contribution is 2.25. The van der Waals surface area contributed by atoms with E-state index in [2.05, 4.69) is 18.9 Å². The molecule has 0 aliphatic carbocycles. The molecule has 1 saturated heterocycles. The predicted molar refractivity (Wildman–Crippen MR) is 76.1 cm³/mol. The minimum Gasteiger partial charge on any atom is -0.398 e. The minimum absolute atomic E-state index is 0.127. The number of nitrogens with zero attached hydrogens (tertiary/aromatic N) is 2. The zero-order chi connectivity index (χ0) is 13.3. The van der Waals surface area contributed by atoms with Gasteiger partial charge in [-0.15, -0.1) is 11.3 Å². The third kappa shape index (κ3) is 2.67. The summed E-state index contributed by atoms with van der Waals surface area (Å²) in [6.07, 6.45) is 1.03. The van der Waals surface area contributed by atoms with E-state index in [-0.39, 0.29) is 11.9 Å². The van der Waals surface area contributed by atoms with Gasteiger partial charge < -0.3 is 15.5 Å². The molecule has 0 saturated carbocycles. The molecule has 4 nitrogen and oxygen atoms in total. The lowest BCUT2D eigenvalue weighted by Crippen LogP contribution is -2.41. The lowest BCUT2D eigenvalue weighted by Gasteiger charge is -2.27. The molecule has 1 atom stereocenters. The van der Waals surface area contributed by atoms with E-state index >= 15 is 0 Å². The van der Waals surface area contributed by atoms with Crippen LogP contribution in [0, 0.1) is 6.92 Å². The largest absolute Gasteiger partial charge is 0.398 e. The van der Waals surface area contributed by atoms with Crippen molar-refractivity contribution in [2.75, 3.05) is 32.4 Å². The van der Waals surface area contributed by atoms with Gasteiger partial charge in [-0.25, -0.2) is 0 Å². The topological polar surface area (TPSA) is 49.6 Å². The van der Waals surface area contributed by atoms with Gasteiger partial charge in [0.05, 0.1) is 4.88 Å². The van der Waals surface area contributed by atoms with E-state index in [0.717, 1.165) is 41.5 Å². The van der Waals surface area contributed by atoms with Crippen LogP contribution in [0.1, 0.15) is 27.9 Å². The summed E-state index contributed by atoms with van der Waals surface area (Å²) in [4.78, 5) is 18.6. The van der Waals surface area contributed by atoms with Gasteiger partial charge in [-0.3, -0.25) is 4.79 Å². The molecule has 2 rings (SSSR count). The van der Waals surface area contributed by atoms with Crippen LogP contribution in [0.15, 0.2) is 6.07 Å². The van der Waals surface area contributed by atoms with Crippen molar-refractivity contribution >= 4 is 22.9 Å². The Morgan fingerprint density at radius 3 is 2.83 bits per heavy atom. The molecule has 100 valence electrons. The number of carbonyl (C=O) groups excluding carboxylic acids is 1. The first-order valence-corrected chi connectivity index (χ1v) is 7.16. The van der Waals surface area contributed by atoms with Crippen molar-refractivity contribution in [1.82, 2.24) is 9.80 Å². The third-order valence-electron chi connectivity index (χ3n) is 3.47. The number of anilines is 1. The summed E-state index contributed by atoms with van der Waals surface area (Å²) in [6.45, 7) is 6.90. The van der Waals surface area contributed by atoms with E-state index in [4.69, 9.17) is 5.73 Å². The maximum absolute atomic E-state index is 12.5. The number of rotatable bonds is 1. The van der Waals surface area contributed by atoms with Crippen molar-refractivity contribution in [1.29, 1.82) is 0 Å². The van der Waals surface area contributed by atoms with Crippen molar-refractivity contribution < 1.29 is 4.79 Å². The van der Waals surface area contributed by atoms with E-state index in [9.17, 15) is 4.79 Å². The zero-order valence-electron chi connectivity index (χ0n) is 11.3. The van der Waals surface area contributed by atoms with Crippen LogP contribution in [0.5, 0.6) is 0 Å². The average Bonchev–Trinajstić information content (AvgIpc) is 2.54. The molecule has 0 spiro atoms. The second-order valence-electron chi connectivity index (χ2n) is 5.09. The van der Waals surface area contributed by atoms with E-state index in [1.807, 2.05) is 17.9 Å². The Morgan fingerprint density at radius 1 is 1.50 bits per heavy atom. The maximum Gasteiger partial charge on any atom is 0.264 e. The first-order valence-electron chi connectivity index (χ1n) is 6.34. The number of aryl methyl sites for hydroxylation is 1. The molecule has 2 N–H and O–H groups in total. The van der Waals surface area contributed by atoms with Crippen molar-refractivity contribution in [2.45, 2.75) is 26.3 Å². The van der Waals surface area contributed by atoms with Crippen LogP contribution in [0.25, 0.3) is 0 Å². The van der Waals surface area contributed by atoms with Crippen LogP contribution in [0.2, 0.25) is 0 Å². The summed E-state index contributed by atoms with van der Waals surface area (Å²) in [7, 11) is 2.11. The van der Waals surface area contributed by atoms with Gasteiger partial charge >= 0.3 is 0 Å². The van der Waals surface area contributed by atoms with Crippen molar-refractivity contribution in [3.05, 3.63) is 15.8 Å². The first-order chi connectivity index (χ1) is 8.49. The number of thiophene rings is 1. The normalized spacial score (nSPS) is 21.9. The standard InChI is InChI=1S/C13H21N3OS/c1-9-8-15(3)5-4-6-16(9)13(17)12-7-11(14)10(2)18-12/h7,9H,4-6,8,14H2,1-3H3. The van der Waals surface area contributed by atoms with Gasteiger partial charge in [0.15, 0.2) is 0 Å². The number of hydrogen-bond donors (Lipinski definition) is 1. The molecule has 1 aromatic rings. The van der Waals surface area contributed by atoms with E-state index in [1.165, 1.54) is 11.3 Å². The molecule has 1 unspecified atom stereocenters. The summed E-state index contributed by atoms with van der Waals surface area (Å²) < 4.78 is 0. The first kappa shape index (κ1) is 13.4. The summed E-state index contributed by atoms with van der Waals surface area (Å²) >= 11 is 1.50. The number of nitrogens with two attached hydrogens (primary N) is 1. The van der Waals surface area contributed by atoms with Crippen molar-refractivity contribution in [2.24, 2.45) is 0 Å². The van der Waals surface area contributed by atoms with Crippen LogP contribution in [-0.2, 0) is 0 Å². The Balaban J connectivity index is 2.17. The molecule has 2 heterocycles. The molecule has 0 bridgehead atoms. The quantitative estimate of drug-likeness (QED) is 0.844. The van der Waals surface area contributed by atoms with Crippen LogP contribution >= 0.6 is 11.3 Å². The fourth-order valence-electron chi connectivity index (χ4n) is 2.42. The number of carbonyl (C=O) groups is 1. The predicted octanol–water partition coefficient (Wildman–Crippen LogP) is 1.80. The van der Waals surface area contributed by atoms with Crippen molar-refractivity contribution in [3.63, 3.8) is 0 Å². The van der Waals surface area contributed by atoms with Gasteiger partial charge in [0.25, 0.3) is 5.91 Å². The second-order valence-corrected chi connectivity index (χ2v) is 6.34. The van der Waals surface area contributed by atoms with Crippen LogP contribution in [-0.4, -0.2) is 48.4 Å². The Morgan fingerprint density at radius 2 is 2.22 bits per heavy atom. The second kappa shape index (κ2) is 5.28. The Hall–Kier alpha value is -1.07. The number of hydrogen-bond acceptors (Lipinski definition) is 4. The van der Waals surface area contributed by atoms with Gasteiger partial charge in [0, 0.05) is 29.7 Å². The lowest BCUT2D eigenvalue weighted by molar-refractivity contribution is 0.0701. The smallest absolute Gasteiger partial charge is 0.264 e. The number of likely N-dealkylation sites (N-methyl/N-ethyl adjacent to an activating group) is 1. The number of nitrogen functional groups attached to an aromatic ring is 1. The fourth-order valence-corrected chi connectivity index (χ4v) is 3.31. The lowest BCUT2D eigenvalue weighted by atomic mass is 10.2. The van der Waals surface area contributed by atoms with Gasteiger partial charge in [0.2, 0.25) is 0 Å².